The quantitative estimate of drug-likeness (QED) is 0.183. The first-order valence-electron chi connectivity index (χ1n) is 11.0. The van der Waals surface area contributed by atoms with Crippen molar-refractivity contribution in [3.8, 4) is 0 Å². The van der Waals surface area contributed by atoms with Crippen LogP contribution < -0.4 is 16.0 Å². The lowest BCUT2D eigenvalue weighted by Crippen LogP contribution is -2.47. The van der Waals surface area contributed by atoms with E-state index in [-0.39, 0.29) is 18.9 Å². The lowest BCUT2D eigenvalue weighted by molar-refractivity contribution is -0.139. The minimum Gasteiger partial charge on any atom is -0.480 e. The van der Waals surface area contributed by atoms with Gasteiger partial charge in [0, 0.05) is 6.54 Å². The van der Waals surface area contributed by atoms with Crippen molar-refractivity contribution in [3.05, 3.63) is 0 Å². The van der Waals surface area contributed by atoms with Gasteiger partial charge in [-0.25, -0.2) is 19.2 Å². The first-order valence-corrected chi connectivity index (χ1v) is 11.0. The molecule has 12 nitrogen and oxygen atoms in total. The fourth-order valence-electron chi connectivity index (χ4n) is 2.27. The lowest BCUT2D eigenvalue weighted by Gasteiger charge is -2.22. The first-order chi connectivity index (χ1) is 15.3. The number of hydrogen-bond acceptors (Lipinski definition) is 8. The summed E-state index contributed by atoms with van der Waals surface area (Å²) in [6, 6.07) is -1.13. The van der Waals surface area contributed by atoms with Crippen LogP contribution >= 0.6 is 0 Å². The summed E-state index contributed by atoms with van der Waals surface area (Å²) in [5.74, 6) is -1.35. The van der Waals surface area contributed by atoms with Crippen LogP contribution in [-0.4, -0.2) is 64.7 Å². The average molecular weight is 489 g/mol. The number of carboxylic acid groups (broad SMARTS) is 1. The molecule has 196 valence electrons. The molecule has 0 spiro atoms. The van der Waals surface area contributed by atoms with Crippen LogP contribution in [0.2, 0.25) is 0 Å². The summed E-state index contributed by atoms with van der Waals surface area (Å²) in [5.41, 5.74) is -2.26. The SMILES string of the molecule is CC(C)(C)OC(=O)NC(=NCCCCC(NC(=O)OC(C)(C)C)C(=O)O)NC(=O)OC(C)(C)C. The number of aliphatic carboxylic acids is 1. The Labute approximate surface area is 201 Å². The van der Waals surface area contributed by atoms with E-state index in [1.807, 2.05) is 0 Å². The first kappa shape index (κ1) is 30.9. The standard InChI is InChI=1S/C22H40N4O8/c1-20(2,3)32-17(29)24-14(15(27)28)12-10-11-13-23-16(25-18(30)33-21(4,5)6)26-19(31)34-22(7,8)9/h14H,10-13H2,1-9H3,(H,24,29)(H,27,28)(H2,23,25,26,30,31). The summed E-state index contributed by atoms with van der Waals surface area (Å²) >= 11 is 0. The van der Waals surface area contributed by atoms with Crippen LogP contribution in [0.1, 0.15) is 81.6 Å². The maximum atomic E-state index is 12.1. The molecule has 0 aromatic rings. The van der Waals surface area contributed by atoms with Gasteiger partial charge in [-0.15, -0.1) is 0 Å². The average Bonchev–Trinajstić information content (AvgIpc) is 2.54. The van der Waals surface area contributed by atoms with E-state index in [1.54, 1.807) is 62.3 Å². The van der Waals surface area contributed by atoms with Crippen molar-refractivity contribution in [1.82, 2.24) is 16.0 Å². The Morgan fingerprint density at radius 3 is 1.53 bits per heavy atom. The second-order valence-electron chi connectivity index (χ2n) is 10.5. The highest BCUT2D eigenvalue weighted by Crippen LogP contribution is 2.09. The maximum absolute atomic E-state index is 12.1. The third-order valence-electron chi connectivity index (χ3n) is 3.40. The second-order valence-corrected chi connectivity index (χ2v) is 10.5. The number of unbranched alkanes of at least 4 members (excludes halogenated alkanes) is 1. The molecule has 34 heavy (non-hydrogen) atoms. The molecular weight excluding hydrogens is 448 g/mol. The van der Waals surface area contributed by atoms with E-state index in [2.05, 4.69) is 20.9 Å². The van der Waals surface area contributed by atoms with Gasteiger partial charge < -0.3 is 24.6 Å². The topological polar surface area (TPSA) is 165 Å². The number of guanidine groups is 1. The van der Waals surface area contributed by atoms with Crippen molar-refractivity contribution in [2.75, 3.05) is 6.54 Å². The third kappa shape index (κ3) is 17.5. The summed E-state index contributed by atoms with van der Waals surface area (Å²) in [6.45, 7) is 15.3. The molecule has 0 heterocycles. The number of carboxylic acids is 1. The molecule has 0 fully saturated rings. The summed E-state index contributed by atoms with van der Waals surface area (Å²) in [5, 5.41) is 16.4. The summed E-state index contributed by atoms with van der Waals surface area (Å²) < 4.78 is 15.4. The molecule has 0 aromatic carbocycles. The third-order valence-corrected chi connectivity index (χ3v) is 3.40. The molecule has 3 amide bonds. The number of rotatable bonds is 7. The molecule has 0 saturated carbocycles. The van der Waals surface area contributed by atoms with E-state index >= 15 is 0 Å². The van der Waals surface area contributed by atoms with Gasteiger partial charge in [-0.2, -0.15) is 0 Å². The maximum Gasteiger partial charge on any atom is 0.414 e. The van der Waals surface area contributed by atoms with Gasteiger partial charge in [0.05, 0.1) is 0 Å². The highest BCUT2D eigenvalue weighted by Gasteiger charge is 2.24. The zero-order valence-corrected chi connectivity index (χ0v) is 21.7. The minimum absolute atomic E-state index is 0.137. The lowest BCUT2D eigenvalue weighted by atomic mass is 10.1. The van der Waals surface area contributed by atoms with Crippen molar-refractivity contribution >= 4 is 30.2 Å². The van der Waals surface area contributed by atoms with Crippen LogP contribution in [-0.2, 0) is 19.0 Å². The number of hydrogen-bond donors (Lipinski definition) is 4. The van der Waals surface area contributed by atoms with Crippen molar-refractivity contribution in [3.63, 3.8) is 0 Å². The Morgan fingerprint density at radius 2 is 1.15 bits per heavy atom. The van der Waals surface area contributed by atoms with Crippen LogP contribution in [0.25, 0.3) is 0 Å². The predicted molar refractivity (Wildman–Crippen MR) is 126 cm³/mol. The number of alkyl carbamates (subject to hydrolysis) is 3. The molecule has 0 radical (unpaired) electrons. The monoisotopic (exact) mass is 488 g/mol. The van der Waals surface area contributed by atoms with Crippen LogP contribution in [0.5, 0.6) is 0 Å². The Bertz CT molecular complexity index is 713. The van der Waals surface area contributed by atoms with E-state index in [4.69, 9.17) is 14.2 Å². The number of nitrogens with zero attached hydrogens (tertiary/aromatic N) is 1. The van der Waals surface area contributed by atoms with Gasteiger partial charge in [0.2, 0.25) is 5.96 Å². The zero-order valence-electron chi connectivity index (χ0n) is 21.7. The normalized spacial score (nSPS) is 12.6. The highest BCUT2D eigenvalue weighted by atomic mass is 16.6. The van der Waals surface area contributed by atoms with E-state index < -0.39 is 47.1 Å². The number of nitrogens with one attached hydrogen (secondary N) is 3. The zero-order chi connectivity index (χ0) is 26.7. The molecule has 0 aliphatic carbocycles. The molecular formula is C22H40N4O8. The van der Waals surface area contributed by atoms with Gasteiger partial charge in [-0.3, -0.25) is 15.6 Å². The van der Waals surface area contributed by atoms with E-state index in [9.17, 15) is 24.3 Å². The van der Waals surface area contributed by atoms with Gasteiger partial charge >= 0.3 is 24.2 Å². The molecule has 0 rings (SSSR count). The van der Waals surface area contributed by atoms with E-state index in [0.29, 0.717) is 12.8 Å². The Balaban J connectivity index is 4.96. The van der Waals surface area contributed by atoms with Gasteiger partial charge in [0.25, 0.3) is 0 Å². The Hall–Kier alpha value is -3.05. The van der Waals surface area contributed by atoms with Gasteiger partial charge in [0.1, 0.15) is 22.8 Å². The molecule has 0 bridgehead atoms. The Morgan fingerprint density at radius 1 is 0.735 bits per heavy atom. The van der Waals surface area contributed by atoms with Gasteiger partial charge in [0.15, 0.2) is 0 Å². The fourth-order valence-corrected chi connectivity index (χ4v) is 2.27. The summed E-state index contributed by atoms with van der Waals surface area (Å²) in [6.07, 6.45) is -1.50. The Kier molecular flexibility index (Phi) is 11.8. The fraction of sp³-hybridized carbons (Fsp3) is 0.773. The predicted octanol–water partition coefficient (Wildman–Crippen LogP) is 3.54. The molecule has 0 aliphatic heterocycles. The largest absolute Gasteiger partial charge is 0.480 e. The minimum atomic E-state index is -1.19. The number of carbonyl (C=O) groups is 4. The molecule has 0 saturated heterocycles. The summed E-state index contributed by atoms with van der Waals surface area (Å²) in [7, 11) is 0. The van der Waals surface area contributed by atoms with Crippen LogP contribution in [0.3, 0.4) is 0 Å². The number of carbonyl (C=O) groups excluding carboxylic acids is 3. The molecule has 1 unspecified atom stereocenters. The van der Waals surface area contributed by atoms with E-state index in [0.717, 1.165) is 0 Å². The molecule has 1 atom stereocenters. The van der Waals surface area contributed by atoms with Crippen molar-refractivity contribution in [2.45, 2.75) is 104 Å². The van der Waals surface area contributed by atoms with Crippen LogP contribution in [0.15, 0.2) is 4.99 Å². The van der Waals surface area contributed by atoms with Crippen molar-refractivity contribution in [2.24, 2.45) is 4.99 Å². The number of ether oxygens (including phenoxy) is 3. The highest BCUT2D eigenvalue weighted by molar-refractivity contribution is 6.01. The number of aliphatic imine (C=N–C) groups is 1. The van der Waals surface area contributed by atoms with Crippen molar-refractivity contribution in [1.29, 1.82) is 0 Å². The van der Waals surface area contributed by atoms with Gasteiger partial charge in [-0.05, 0) is 81.6 Å². The van der Waals surface area contributed by atoms with Crippen LogP contribution in [0.4, 0.5) is 14.4 Å². The molecule has 0 aliphatic rings. The van der Waals surface area contributed by atoms with Gasteiger partial charge in [-0.1, -0.05) is 0 Å². The van der Waals surface area contributed by atoms with E-state index in [1.165, 1.54) is 0 Å². The molecule has 0 aromatic heterocycles. The van der Waals surface area contributed by atoms with Crippen molar-refractivity contribution < 1.29 is 38.5 Å². The smallest absolute Gasteiger partial charge is 0.414 e. The molecule has 12 heteroatoms. The van der Waals surface area contributed by atoms with Crippen LogP contribution in [0, 0.1) is 0 Å². The summed E-state index contributed by atoms with van der Waals surface area (Å²) in [4.78, 5) is 51.5. The second kappa shape index (κ2) is 13.0. The number of amides is 3. The molecule has 4 N–H and O–H groups in total.